The molecule has 7 nitrogen and oxygen atoms in total. The van der Waals surface area contributed by atoms with Gasteiger partial charge in [-0.1, -0.05) is 12.1 Å². The monoisotopic (exact) mass is 376 g/mol. The molecule has 2 amide bonds. The van der Waals surface area contributed by atoms with Gasteiger partial charge in [-0.25, -0.2) is 4.98 Å². The van der Waals surface area contributed by atoms with Crippen molar-refractivity contribution in [1.29, 1.82) is 0 Å². The summed E-state index contributed by atoms with van der Waals surface area (Å²) in [6.07, 6.45) is 1.78. The van der Waals surface area contributed by atoms with Gasteiger partial charge in [-0.2, -0.15) is 0 Å². The number of ether oxygens (including phenoxy) is 1. The van der Waals surface area contributed by atoms with Crippen molar-refractivity contribution in [2.24, 2.45) is 0 Å². The molecule has 0 unspecified atom stereocenters. The van der Waals surface area contributed by atoms with Crippen LogP contribution >= 0.6 is 0 Å². The first-order valence-electron chi connectivity index (χ1n) is 8.98. The van der Waals surface area contributed by atoms with Crippen molar-refractivity contribution in [1.82, 2.24) is 14.9 Å². The number of hydrogen-bond donors (Lipinski definition) is 1. The van der Waals surface area contributed by atoms with Crippen LogP contribution in [0.15, 0.2) is 48.7 Å². The second kappa shape index (κ2) is 7.26. The fourth-order valence-electron chi connectivity index (χ4n) is 3.45. The van der Waals surface area contributed by atoms with Crippen molar-refractivity contribution in [3.63, 3.8) is 0 Å². The molecule has 1 aliphatic heterocycles. The number of anilines is 1. The van der Waals surface area contributed by atoms with E-state index in [2.05, 4.69) is 15.3 Å². The van der Waals surface area contributed by atoms with Gasteiger partial charge in [0.2, 0.25) is 11.8 Å². The Bertz CT molecular complexity index is 1070. The highest BCUT2D eigenvalue weighted by Gasteiger charge is 2.33. The van der Waals surface area contributed by atoms with Gasteiger partial charge in [0.15, 0.2) is 0 Å². The van der Waals surface area contributed by atoms with Gasteiger partial charge < -0.3 is 15.0 Å². The van der Waals surface area contributed by atoms with E-state index in [0.717, 1.165) is 16.6 Å². The molecular formula is C21H20N4O3. The lowest BCUT2D eigenvalue weighted by Gasteiger charge is -2.28. The SMILES string of the molecule is COc1ccc2c(c1)[C@@H](C(=O)N(C)Cc1cnc3ccccc3n1)CC(=O)N2. The Hall–Kier alpha value is -3.48. The maximum Gasteiger partial charge on any atom is 0.230 e. The molecule has 1 aromatic heterocycles. The summed E-state index contributed by atoms with van der Waals surface area (Å²) in [7, 11) is 3.29. The van der Waals surface area contributed by atoms with Gasteiger partial charge in [0.05, 0.1) is 42.5 Å². The lowest BCUT2D eigenvalue weighted by Crippen LogP contribution is -2.36. The quantitative estimate of drug-likeness (QED) is 0.757. The van der Waals surface area contributed by atoms with Gasteiger partial charge in [-0.05, 0) is 35.9 Å². The molecule has 0 saturated heterocycles. The normalized spacial score (nSPS) is 15.6. The molecule has 1 aliphatic rings. The van der Waals surface area contributed by atoms with Gasteiger partial charge >= 0.3 is 0 Å². The first-order chi connectivity index (χ1) is 13.5. The van der Waals surface area contributed by atoms with Crippen molar-refractivity contribution in [2.75, 3.05) is 19.5 Å². The molecule has 2 aromatic carbocycles. The summed E-state index contributed by atoms with van der Waals surface area (Å²) >= 11 is 0. The van der Waals surface area contributed by atoms with Gasteiger partial charge in [-0.15, -0.1) is 0 Å². The van der Waals surface area contributed by atoms with Crippen LogP contribution in [0.3, 0.4) is 0 Å². The highest BCUT2D eigenvalue weighted by atomic mass is 16.5. The summed E-state index contributed by atoms with van der Waals surface area (Å²) in [6.45, 7) is 0.314. The lowest BCUT2D eigenvalue weighted by molar-refractivity contribution is -0.134. The fourth-order valence-corrected chi connectivity index (χ4v) is 3.45. The molecule has 4 rings (SSSR count). The average molecular weight is 376 g/mol. The van der Waals surface area contributed by atoms with Crippen LogP contribution in [0, 0.1) is 0 Å². The molecule has 0 spiro atoms. The molecule has 3 aromatic rings. The van der Waals surface area contributed by atoms with E-state index < -0.39 is 5.92 Å². The van der Waals surface area contributed by atoms with Crippen LogP contribution in [-0.2, 0) is 16.1 Å². The van der Waals surface area contributed by atoms with Gasteiger partial charge in [-0.3, -0.25) is 14.6 Å². The number of hydrogen-bond acceptors (Lipinski definition) is 5. The molecule has 0 fully saturated rings. The van der Waals surface area contributed by atoms with Gasteiger partial charge in [0.1, 0.15) is 5.75 Å². The van der Waals surface area contributed by atoms with E-state index in [1.165, 1.54) is 0 Å². The molecule has 2 heterocycles. The zero-order valence-electron chi connectivity index (χ0n) is 15.7. The highest BCUT2D eigenvalue weighted by molar-refractivity contribution is 6.01. The maximum atomic E-state index is 13.1. The molecule has 1 atom stereocenters. The number of rotatable bonds is 4. The summed E-state index contributed by atoms with van der Waals surface area (Å²) < 4.78 is 5.28. The van der Waals surface area contributed by atoms with Crippen LogP contribution in [0.2, 0.25) is 0 Å². The van der Waals surface area contributed by atoms with E-state index in [4.69, 9.17) is 4.74 Å². The number of para-hydroxylation sites is 2. The third kappa shape index (κ3) is 3.38. The highest BCUT2D eigenvalue weighted by Crippen LogP contribution is 2.36. The maximum absolute atomic E-state index is 13.1. The van der Waals surface area contributed by atoms with Gasteiger partial charge in [0, 0.05) is 19.2 Å². The predicted molar refractivity (Wildman–Crippen MR) is 105 cm³/mol. The first-order valence-corrected chi connectivity index (χ1v) is 8.98. The van der Waals surface area contributed by atoms with Crippen LogP contribution < -0.4 is 10.1 Å². The third-order valence-corrected chi connectivity index (χ3v) is 4.87. The number of benzene rings is 2. The van der Waals surface area contributed by atoms with Crippen molar-refractivity contribution >= 4 is 28.5 Å². The van der Waals surface area contributed by atoms with E-state index in [0.29, 0.717) is 23.7 Å². The fraction of sp³-hybridized carbons (Fsp3) is 0.238. The molecule has 0 bridgehead atoms. The first kappa shape index (κ1) is 17.9. The minimum absolute atomic E-state index is 0.104. The van der Waals surface area contributed by atoms with E-state index in [1.807, 2.05) is 24.3 Å². The number of likely N-dealkylation sites (N-methyl/N-ethyl adjacent to an activating group) is 1. The minimum atomic E-state index is -0.558. The summed E-state index contributed by atoms with van der Waals surface area (Å²) in [4.78, 5) is 35.8. The second-order valence-electron chi connectivity index (χ2n) is 6.80. The summed E-state index contributed by atoms with van der Waals surface area (Å²) in [5, 5.41) is 2.82. The number of methoxy groups -OCH3 is 1. The summed E-state index contributed by atoms with van der Waals surface area (Å²) in [5.41, 5.74) is 3.70. The third-order valence-electron chi connectivity index (χ3n) is 4.87. The summed E-state index contributed by atoms with van der Waals surface area (Å²) in [6, 6.07) is 12.9. The molecule has 1 N–H and O–H groups in total. The average Bonchev–Trinajstić information content (AvgIpc) is 2.72. The molecule has 0 radical (unpaired) electrons. The number of carbonyl (C=O) groups is 2. The largest absolute Gasteiger partial charge is 0.497 e. The molecule has 0 saturated carbocycles. The molecule has 142 valence electrons. The minimum Gasteiger partial charge on any atom is -0.497 e. The number of nitrogens with one attached hydrogen (secondary N) is 1. The van der Waals surface area contributed by atoms with Gasteiger partial charge in [0.25, 0.3) is 0 Å². The Labute approximate surface area is 162 Å². The van der Waals surface area contributed by atoms with Crippen LogP contribution in [-0.4, -0.2) is 40.8 Å². The standard InChI is InChI=1S/C21H20N4O3/c1-25(12-13-11-22-18-5-3-4-6-19(18)23-13)21(27)16-10-20(26)24-17-8-7-14(28-2)9-15(16)17/h3-9,11,16H,10,12H2,1-2H3,(H,24,26)/t16-/m0/s1. The summed E-state index contributed by atoms with van der Waals surface area (Å²) in [5.74, 6) is -0.220. The van der Waals surface area contributed by atoms with Crippen molar-refractivity contribution in [2.45, 2.75) is 18.9 Å². The number of amides is 2. The smallest absolute Gasteiger partial charge is 0.230 e. The van der Waals surface area contributed by atoms with E-state index in [-0.39, 0.29) is 18.2 Å². The molecule has 0 aliphatic carbocycles. The number of nitrogens with zero attached hydrogens (tertiary/aromatic N) is 3. The van der Waals surface area contributed by atoms with Crippen molar-refractivity contribution in [3.8, 4) is 5.75 Å². The van der Waals surface area contributed by atoms with Crippen LogP contribution in [0.4, 0.5) is 5.69 Å². The lowest BCUT2D eigenvalue weighted by atomic mass is 9.89. The number of aromatic nitrogens is 2. The van der Waals surface area contributed by atoms with Crippen molar-refractivity contribution < 1.29 is 14.3 Å². The second-order valence-corrected chi connectivity index (χ2v) is 6.80. The Kier molecular flexibility index (Phi) is 4.65. The Balaban J connectivity index is 1.59. The van der Waals surface area contributed by atoms with E-state index in [9.17, 15) is 9.59 Å². The zero-order valence-corrected chi connectivity index (χ0v) is 15.7. The predicted octanol–water partition coefficient (Wildman–Crippen LogP) is 2.72. The molecule has 7 heteroatoms. The Morgan fingerprint density at radius 1 is 1.25 bits per heavy atom. The molecular weight excluding hydrogens is 356 g/mol. The molecule has 28 heavy (non-hydrogen) atoms. The topological polar surface area (TPSA) is 84.4 Å². The Morgan fingerprint density at radius 2 is 2.04 bits per heavy atom. The number of carbonyl (C=O) groups excluding carboxylic acids is 2. The van der Waals surface area contributed by atoms with Crippen LogP contribution in [0.5, 0.6) is 5.75 Å². The van der Waals surface area contributed by atoms with Crippen LogP contribution in [0.25, 0.3) is 11.0 Å². The number of fused-ring (bicyclic) bond motifs is 2. The zero-order chi connectivity index (χ0) is 19.7. The van der Waals surface area contributed by atoms with E-state index in [1.54, 1.807) is 43.5 Å². The van der Waals surface area contributed by atoms with Crippen LogP contribution in [0.1, 0.15) is 23.6 Å². The Morgan fingerprint density at radius 3 is 2.82 bits per heavy atom. The van der Waals surface area contributed by atoms with E-state index >= 15 is 0 Å². The van der Waals surface area contributed by atoms with Crippen molar-refractivity contribution in [3.05, 3.63) is 59.9 Å².